The zero-order valence-corrected chi connectivity index (χ0v) is 14.6. The lowest BCUT2D eigenvalue weighted by atomic mass is 10.2. The second kappa shape index (κ2) is 9.25. The molecule has 0 radical (unpaired) electrons. The van der Waals surface area contributed by atoms with E-state index in [-0.39, 0.29) is 6.61 Å². The number of benzene rings is 2. The molecule has 2 aromatic carbocycles. The molecule has 0 spiro atoms. The van der Waals surface area contributed by atoms with E-state index in [1.165, 1.54) is 6.08 Å². The highest BCUT2D eigenvalue weighted by molar-refractivity contribution is 9.10. The average Bonchev–Trinajstić information content (AvgIpc) is 2.64. The van der Waals surface area contributed by atoms with Gasteiger partial charge in [-0.1, -0.05) is 34.1 Å². The molecule has 2 rings (SSSR count). The molecule has 126 valence electrons. The molecule has 0 aliphatic rings. The molecule has 7 heteroatoms. The molecule has 2 N–H and O–H groups in total. The molecular formula is C18H14BrN3O3. The van der Waals surface area contributed by atoms with Gasteiger partial charge in [-0.25, -0.2) is 0 Å². The molecule has 0 saturated carbocycles. The molecule has 0 aliphatic carbocycles. The molecule has 0 fully saturated rings. The summed E-state index contributed by atoms with van der Waals surface area (Å²) in [4.78, 5) is 23.3. The quantitative estimate of drug-likeness (QED) is 0.596. The second-order valence-electron chi connectivity index (χ2n) is 4.82. The van der Waals surface area contributed by atoms with Crippen LogP contribution in [0.4, 0.5) is 0 Å². The van der Waals surface area contributed by atoms with Crippen molar-refractivity contribution in [3.8, 4) is 11.8 Å². The third-order valence-corrected chi connectivity index (χ3v) is 3.72. The highest BCUT2D eigenvalue weighted by Gasteiger charge is 2.04. The Morgan fingerprint density at radius 2 is 1.84 bits per heavy atom. The van der Waals surface area contributed by atoms with E-state index in [1.807, 2.05) is 30.3 Å². The molecule has 0 aliphatic heterocycles. The predicted molar refractivity (Wildman–Crippen MR) is 96.1 cm³/mol. The lowest BCUT2D eigenvalue weighted by Gasteiger charge is -2.07. The SMILES string of the molecule is N#Cc1ccc(OCC(=O)NNC(=O)/C=C/c2ccccc2Br)cc1. The van der Waals surface area contributed by atoms with Crippen LogP contribution in [-0.2, 0) is 9.59 Å². The Labute approximate surface area is 153 Å². The van der Waals surface area contributed by atoms with E-state index in [0.29, 0.717) is 11.3 Å². The van der Waals surface area contributed by atoms with Gasteiger partial charge in [-0.3, -0.25) is 20.4 Å². The molecule has 0 aromatic heterocycles. The summed E-state index contributed by atoms with van der Waals surface area (Å²) in [6.07, 6.45) is 2.93. The van der Waals surface area contributed by atoms with Gasteiger partial charge in [0, 0.05) is 10.5 Å². The van der Waals surface area contributed by atoms with Crippen LogP contribution in [0.5, 0.6) is 5.75 Å². The van der Waals surface area contributed by atoms with Gasteiger partial charge >= 0.3 is 0 Å². The number of amides is 2. The first-order valence-corrected chi connectivity index (χ1v) is 8.02. The molecule has 0 unspecified atom stereocenters. The second-order valence-corrected chi connectivity index (χ2v) is 5.67. The fraction of sp³-hybridized carbons (Fsp3) is 0.0556. The van der Waals surface area contributed by atoms with Crippen LogP contribution in [0.2, 0.25) is 0 Å². The number of rotatable bonds is 5. The Morgan fingerprint density at radius 3 is 2.52 bits per heavy atom. The number of hydrogen-bond donors (Lipinski definition) is 2. The molecule has 6 nitrogen and oxygen atoms in total. The largest absolute Gasteiger partial charge is 0.484 e. The molecule has 0 bridgehead atoms. The maximum Gasteiger partial charge on any atom is 0.276 e. The number of hydrogen-bond acceptors (Lipinski definition) is 4. The zero-order chi connectivity index (χ0) is 18.1. The summed E-state index contributed by atoms with van der Waals surface area (Å²) >= 11 is 3.37. The van der Waals surface area contributed by atoms with E-state index < -0.39 is 11.8 Å². The van der Waals surface area contributed by atoms with Gasteiger partial charge in [-0.15, -0.1) is 0 Å². The lowest BCUT2D eigenvalue weighted by Crippen LogP contribution is -2.43. The van der Waals surface area contributed by atoms with Crippen LogP contribution in [0, 0.1) is 11.3 Å². The van der Waals surface area contributed by atoms with Gasteiger partial charge in [0.05, 0.1) is 11.6 Å². The van der Waals surface area contributed by atoms with E-state index in [4.69, 9.17) is 10.00 Å². The standard InChI is InChI=1S/C18H14BrN3O3/c19-16-4-2-1-3-14(16)7-10-17(23)21-22-18(24)12-25-15-8-5-13(11-20)6-9-15/h1-10H,12H2,(H,21,23)(H,22,24)/b10-7+. The van der Waals surface area contributed by atoms with E-state index in [9.17, 15) is 9.59 Å². The van der Waals surface area contributed by atoms with Gasteiger partial charge in [0.1, 0.15) is 5.75 Å². The number of nitrogens with one attached hydrogen (secondary N) is 2. The van der Waals surface area contributed by atoms with Crippen molar-refractivity contribution in [2.75, 3.05) is 6.61 Å². The number of ether oxygens (including phenoxy) is 1. The molecule has 2 aromatic rings. The first kappa shape index (κ1) is 18.2. The van der Waals surface area contributed by atoms with E-state index in [0.717, 1.165) is 10.0 Å². The van der Waals surface area contributed by atoms with Crippen LogP contribution in [-0.4, -0.2) is 18.4 Å². The van der Waals surface area contributed by atoms with Gasteiger partial charge in [-0.2, -0.15) is 5.26 Å². The fourth-order valence-corrected chi connectivity index (χ4v) is 2.18. The number of halogens is 1. The third-order valence-electron chi connectivity index (χ3n) is 3.00. The highest BCUT2D eigenvalue weighted by atomic mass is 79.9. The van der Waals surface area contributed by atoms with Crippen LogP contribution in [0.1, 0.15) is 11.1 Å². The first-order valence-electron chi connectivity index (χ1n) is 7.23. The van der Waals surface area contributed by atoms with Crippen molar-refractivity contribution in [3.63, 3.8) is 0 Å². The summed E-state index contributed by atoms with van der Waals surface area (Å²) in [5.74, 6) is -0.524. The molecule has 0 atom stereocenters. The Kier molecular flexibility index (Phi) is 6.75. The van der Waals surface area contributed by atoms with Crippen LogP contribution in [0.25, 0.3) is 6.08 Å². The monoisotopic (exact) mass is 399 g/mol. The van der Waals surface area contributed by atoms with Gasteiger partial charge in [0.15, 0.2) is 6.61 Å². The maximum atomic E-state index is 11.7. The predicted octanol–water partition coefficient (Wildman–Crippen LogP) is 2.56. The number of nitriles is 1. The van der Waals surface area contributed by atoms with Gasteiger partial charge < -0.3 is 4.74 Å². The summed E-state index contributed by atoms with van der Waals surface area (Å²) in [6.45, 7) is -0.264. The maximum absolute atomic E-state index is 11.7. The van der Waals surface area contributed by atoms with Crippen LogP contribution in [0.15, 0.2) is 59.1 Å². The summed E-state index contributed by atoms with van der Waals surface area (Å²) in [7, 11) is 0. The van der Waals surface area contributed by atoms with Crippen LogP contribution in [0.3, 0.4) is 0 Å². The van der Waals surface area contributed by atoms with Crippen LogP contribution >= 0.6 is 15.9 Å². The molecule has 0 heterocycles. The Bertz CT molecular complexity index is 826. The third kappa shape index (κ3) is 6.12. The smallest absolute Gasteiger partial charge is 0.276 e. The van der Waals surface area contributed by atoms with E-state index in [2.05, 4.69) is 26.8 Å². The molecule has 0 saturated heterocycles. The minimum Gasteiger partial charge on any atom is -0.484 e. The zero-order valence-electron chi connectivity index (χ0n) is 13.0. The van der Waals surface area contributed by atoms with E-state index in [1.54, 1.807) is 30.3 Å². The molecule has 2 amide bonds. The Morgan fingerprint density at radius 1 is 1.12 bits per heavy atom. The van der Waals surface area contributed by atoms with Crippen molar-refractivity contribution >= 4 is 33.8 Å². The Hall–Kier alpha value is -3.11. The normalized spacial score (nSPS) is 10.1. The highest BCUT2D eigenvalue weighted by Crippen LogP contribution is 2.16. The van der Waals surface area contributed by atoms with Crippen molar-refractivity contribution < 1.29 is 14.3 Å². The van der Waals surface area contributed by atoms with Crippen molar-refractivity contribution in [2.45, 2.75) is 0 Å². The summed E-state index contributed by atoms with van der Waals surface area (Å²) in [5, 5.41) is 8.70. The minimum atomic E-state index is -0.507. The topological polar surface area (TPSA) is 91.2 Å². The van der Waals surface area contributed by atoms with Crippen molar-refractivity contribution in [2.24, 2.45) is 0 Å². The van der Waals surface area contributed by atoms with Crippen molar-refractivity contribution in [1.82, 2.24) is 10.9 Å². The Balaban J connectivity index is 1.74. The van der Waals surface area contributed by atoms with Gasteiger partial charge in [-0.05, 0) is 42.0 Å². The number of carbonyl (C=O) groups is 2. The van der Waals surface area contributed by atoms with Crippen molar-refractivity contribution in [3.05, 3.63) is 70.2 Å². The molecule has 25 heavy (non-hydrogen) atoms. The van der Waals surface area contributed by atoms with Crippen LogP contribution < -0.4 is 15.6 Å². The molecular weight excluding hydrogens is 386 g/mol. The lowest BCUT2D eigenvalue weighted by molar-refractivity contribution is -0.128. The first-order chi connectivity index (χ1) is 12.1. The number of hydrazine groups is 1. The summed E-state index contributed by atoms with van der Waals surface area (Å²) in [5.41, 5.74) is 5.85. The minimum absolute atomic E-state index is 0.264. The van der Waals surface area contributed by atoms with Crippen molar-refractivity contribution in [1.29, 1.82) is 5.26 Å². The number of carbonyl (C=O) groups excluding carboxylic acids is 2. The van der Waals surface area contributed by atoms with E-state index >= 15 is 0 Å². The number of nitrogens with zero attached hydrogens (tertiary/aromatic N) is 1. The van der Waals surface area contributed by atoms with Gasteiger partial charge in [0.2, 0.25) is 0 Å². The average molecular weight is 400 g/mol. The summed E-state index contributed by atoms with van der Waals surface area (Å²) < 4.78 is 6.11. The van der Waals surface area contributed by atoms with Gasteiger partial charge in [0.25, 0.3) is 11.8 Å². The summed E-state index contributed by atoms with van der Waals surface area (Å²) in [6, 6.07) is 15.8. The fourth-order valence-electron chi connectivity index (χ4n) is 1.76.